The third kappa shape index (κ3) is 2.28. The Hall–Kier alpha value is -2.61. The molecule has 1 aromatic heterocycles. The van der Waals surface area contributed by atoms with Gasteiger partial charge in [-0.15, -0.1) is 0 Å². The van der Waals surface area contributed by atoms with Crippen molar-refractivity contribution >= 4 is 0 Å². The lowest BCUT2D eigenvalue weighted by atomic mass is 10.1. The lowest BCUT2D eigenvalue weighted by Crippen LogP contribution is -2.17. The lowest BCUT2D eigenvalue weighted by molar-refractivity contribution is 0.980. The fraction of sp³-hybridized carbons (Fsp3) is 0.0556. The average Bonchev–Trinajstić information content (AvgIpc) is 2.49. The minimum atomic E-state index is -0.0148. The molecule has 0 amide bonds. The second kappa shape index (κ2) is 5.17. The summed E-state index contributed by atoms with van der Waals surface area (Å²) in [6, 6.07) is 21.5. The van der Waals surface area contributed by atoms with Gasteiger partial charge in [0.15, 0.2) is 0 Å². The van der Waals surface area contributed by atoms with Crippen LogP contribution < -0.4 is 5.56 Å². The molecule has 0 atom stereocenters. The van der Waals surface area contributed by atoms with E-state index in [1.54, 1.807) is 10.6 Å². The summed E-state index contributed by atoms with van der Waals surface area (Å²) in [7, 11) is 0. The van der Waals surface area contributed by atoms with E-state index in [-0.39, 0.29) is 5.56 Å². The number of aromatic nitrogens is 1. The van der Waals surface area contributed by atoms with Gasteiger partial charge < -0.3 is 0 Å². The first-order valence-corrected chi connectivity index (χ1v) is 6.60. The van der Waals surface area contributed by atoms with Gasteiger partial charge in [-0.2, -0.15) is 0 Å². The number of hydrogen-bond acceptors (Lipinski definition) is 1. The van der Waals surface area contributed by atoms with E-state index >= 15 is 0 Å². The molecule has 0 unspecified atom stereocenters. The molecule has 2 heteroatoms. The Balaban J connectivity index is 2.18. The smallest absolute Gasteiger partial charge is 0.255 e. The molecule has 0 N–H and O–H groups in total. The van der Waals surface area contributed by atoms with Crippen molar-refractivity contribution in [3.05, 3.63) is 88.8 Å². The van der Waals surface area contributed by atoms with Gasteiger partial charge in [0.2, 0.25) is 0 Å². The molecule has 0 aliphatic carbocycles. The molecule has 0 aliphatic rings. The van der Waals surface area contributed by atoms with Gasteiger partial charge in [0.25, 0.3) is 5.56 Å². The fourth-order valence-electron chi connectivity index (χ4n) is 2.31. The molecule has 0 radical (unpaired) electrons. The standard InChI is InChI=1S/C18H15NO/c1-14-7-5-6-10-17(14)19-13-16(11-12-18(19)20)15-8-3-2-4-9-15/h2-13H,1H3. The van der Waals surface area contributed by atoms with Gasteiger partial charge in [0, 0.05) is 12.3 Å². The summed E-state index contributed by atoms with van der Waals surface area (Å²) in [6.07, 6.45) is 1.90. The monoisotopic (exact) mass is 261 g/mol. The topological polar surface area (TPSA) is 22.0 Å². The van der Waals surface area contributed by atoms with E-state index in [1.165, 1.54) is 0 Å². The van der Waals surface area contributed by atoms with E-state index in [0.717, 1.165) is 22.4 Å². The van der Waals surface area contributed by atoms with Crippen molar-refractivity contribution in [2.45, 2.75) is 6.92 Å². The van der Waals surface area contributed by atoms with E-state index in [9.17, 15) is 4.79 Å². The SMILES string of the molecule is Cc1ccccc1-n1cc(-c2ccccc2)ccc1=O. The third-order valence-corrected chi connectivity index (χ3v) is 3.39. The van der Waals surface area contributed by atoms with Gasteiger partial charge in [-0.3, -0.25) is 9.36 Å². The lowest BCUT2D eigenvalue weighted by Gasteiger charge is -2.11. The largest absolute Gasteiger partial charge is 0.283 e. The molecular weight excluding hydrogens is 246 g/mol. The Bertz CT molecular complexity index is 788. The second-order valence-electron chi connectivity index (χ2n) is 4.78. The van der Waals surface area contributed by atoms with E-state index < -0.39 is 0 Å². The summed E-state index contributed by atoms with van der Waals surface area (Å²) in [5.74, 6) is 0. The zero-order valence-electron chi connectivity index (χ0n) is 11.3. The van der Waals surface area contributed by atoms with Gasteiger partial charge in [0.1, 0.15) is 0 Å². The van der Waals surface area contributed by atoms with E-state index in [0.29, 0.717) is 0 Å². The van der Waals surface area contributed by atoms with Crippen molar-refractivity contribution in [1.29, 1.82) is 0 Å². The quantitative estimate of drug-likeness (QED) is 0.687. The highest BCUT2D eigenvalue weighted by atomic mass is 16.1. The van der Waals surface area contributed by atoms with Crippen LogP contribution in [-0.4, -0.2) is 4.57 Å². The predicted octanol–water partition coefficient (Wildman–Crippen LogP) is 3.81. The minimum Gasteiger partial charge on any atom is -0.283 e. The van der Waals surface area contributed by atoms with Gasteiger partial charge in [-0.1, -0.05) is 48.5 Å². The summed E-state index contributed by atoms with van der Waals surface area (Å²) in [4.78, 5) is 12.1. The molecule has 2 aromatic carbocycles. The van der Waals surface area contributed by atoms with Crippen molar-refractivity contribution in [3.8, 4) is 16.8 Å². The number of aryl methyl sites for hydroxylation is 1. The molecule has 0 fully saturated rings. The van der Waals surface area contributed by atoms with Crippen LogP contribution in [0.5, 0.6) is 0 Å². The number of benzene rings is 2. The van der Waals surface area contributed by atoms with Crippen LogP contribution in [0.25, 0.3) is 16.8 Å². The molecule has 3 rings (SSSR count). The molecule has 3 aromatic rings. The summed E-state index contributed by atoms with van der Waals surface area (Å²) in [6.45, 7) is 2.01. The Morgan fingerprint density at radius 1 is 0.750 bits per heavy atom. The second-order valence-corrected chi connectivity index (χ2v) is 4.78. The van der Waals surface area contributed by atoms with Crippen LogP contribution in [0.1, 0.15) is 5.56 Å². The fourth-order valence-corrected chi connectivity index (χ4v) is 2.31. The van der Waals surface area contributed by atoms with Crippen LogP contribution in [0.2, 0.25) is 0 Å². The van der Waals surface area contributed by atoms with Crippen molar-refractivity contribution in [2.75, 3.05) is 0 Å². The molecule has 0 saturated heterocycles. The Labute approximate surface area is 118 Å². The van der Waals surface area contributed by atoms with Crippen LogP contribution >= 0.6 is 0 Å². The summed E-state index contributed by atoms with van der Waals surface area (Å²) < 4.78 is 1.71. The molecule has 2 nitrogen and oxygen atoms in total. The maximum atomic E-state index is 12.1. The van der Waals surface area contributed by atoms with Crippen LogP contribution in [0, 0.1) is 6.92 Å². The van der Waals surface area contributed by atoms with Crippen molar-refractivity contribution in [3.63, 3.8) is 0 Å². The van der Waals surface area contributed by atoms with Crippen molar-refractivity contribution in [2.24, 2.45) is 0 Å². The number of pyridine rings is 1. The van der Waals surface area contributed by atoms with Crippen molar-refractivity contribution < 1.29 is 0 Å². The number of nitrogens with zero attached hydrogens (tertiary/aromatic N) is 1. The third-order valence-electron chi connectivity index (χ3n) is 3.39. The van der Waals surface area contributed by atoms with Gasteiger partial charge in [-0.05, 0) is 35.7 Å². The van der Waals surface area contributed by atoms with Crippen LogP contribution in [0.4, 0.5) is 0 Å². The zero-order valence-corrected chi connectivity index (χ0v) is 11.3. The normalized spacial score (nSPS) is 10.4. The van der Waals surface area contributed by atoms with E-state index in [4.69, 9.17) is 0 Å². The first-order chi connectivity index (χ1) is 9.75. The Morgan fingerprint density at radius 2 is 1.45 bits per heavy atom. The van der Waals surface area contributed by atoms with E-state index in [1.807, 2.05) is 73.8 Å². The van der Waals surface area contributed by atoms with Crippen LogP contribution in [0.3, 0.4) is 0 Å². The number of hydrogen-bond donors (Lipinski definition) is 0. The molecule has 20 heavy (non-hydrogen) atoms. The molecule has 1 heterocycles. The number of rotatable bonds is 2. The Kier molecular flexibility index (Phi) is 3.21. The first-order valence-electron chi connectivity index (χ1n) is 6.60. The molecular formula is C18H15NO. The minimum absolute atomic E-state index is 0.0148. The number of para-hydroxylation sites is 1. The zero-order chi connectivity index (χ0) is 13.9. The van der Waals surface area contributed by atoms with Gasteiger partial charge in [0.05, 0.1) is 5.69 Å². The highest BCUT2D eigenvalue weighted by Gasteiger charge is 2.05. The highest BCUT2D eigenvalue weighted by Crippen LogP contribution is 2.19. The summed E-state index contributed by atoms with van der Waals surface area (Å²) in [5.41, 5.74) is 4.14. The predicted molar refractivity (Wildman–Crippen MR) is 82.2 cm³/mol. The highest BCUT2D eigenvalue weighted by molar-refractivity contribution is 5.62. The van der Waals surface area contributed by atoms with Crippen LogP contribution in [0.15, 0.2) is 77.7 Å². The summed E-state index contributed by atoms with van der Waals surface area (Å²) in [5, 5.41) is 0. The first kappa shape index (κ1) is 12.4. The van der Waals surface area contributed by atoms with Gasteiger partial charge >= 0.3 is 0 Å². The molecule has 0 aliphatic heterocycles. The van der Waals surface area contributed by atoms with Crippen molar-refractivity contribution in [1.82, 2.24) is 4.57 Å². The molecule has 0 saturated carbocycles. The Morgan fingerprint density at radius 3 is 2.20 bits per heavy atom. The van der Waals surface area contributed by atoms with Gasteiger partial charge in [-0.25, -0.2) is 0 Å². The van der Waals surface area contributed by atoms with E-state index in [2.05, 4.69) is 0 Å². The van der Waals surface area contributed by atoms with Crippen LogP contribution in [-0.2, 0) is 0 Å². The molecule has 0 bridgehead atoms. The molecule has 0 spiro atoms. The average molecular weight is 261 g/mol. The maximum absolute atomic E-state index is 12.1. The summed E-state index contributed by atoms with van der Waals surface area (Å²) >= 11 is 0. The maximum Gasteiger partial charge on any atom is 0.255 e. The molecule has 98 valence electrons.